The van der Waals surface area contributed by atoms with Crippen molar-refractivity contribution in [3.05, 3.63) is 29.8 Å². The number of ether oxygens (including phenoxy) is 1. The van der Waals surface area contributed by atoms with Crippen LogP contribution >= 0.6 is 0 Å². The van der Waals surface area contributed by atoms with E-state index in [-0.39, 0.29) is 0 Å². The lowest BCUT2D eigenvalue weighted by molar-refractivity contribution is 0.414. The molecular weight excluding hydrogens is 162 g/mol. The van der Waals surface area contributed by atoms with Crippen LogP contribution in [0.5, 0.6) is 5.75 Å². The summed E-state index contributed by atoms with van der Waals surface area (Å²) >= 11 is 0. The molecule has 1 saturated heterocycles. The van der Waals surface area contributed by atoms with Gasteiger partial charge in [0, 0.05) is 6.54 Å². The fraction of sp³-hybridized carbons (Fsp3) is 0.455. The zero-order valence-electron chi connectivity index (χ0n) is 7.92. The van der Waals surface area contributed by atoms with Gasteiger partial charge in [0.05, 0.1) is 7.11 Å². The Bertz CT molecular complexity index is 262. The molecule has 1 N–H and O–H groups in total. The summed E-state index contributed by atoms with van der Waals surface area (Å²) < 4.78 is 5.12. The van der Waals surface area contributed by atoms with Crippen molar-refractivity contribution in [3.8, 4) is 5.75 Å². The minimum atomic E-state index is 0.700. The Morgan fingerprint density at radius 2 is 2.08 bits per heavy atom. The van der Waals surface area contributed by atoms with E-state index in [9.17, 15) is 0 Å². The van der Waals surface area contributed by atoms with Gasteiger partial charge in [-0.15, -0.1) is 0 Å². The highest BCUT2D eigenvalue weighted by molar-refractivity contribution is 5.30. The van der Waals surface area contributed by atoms with Crippen LogP contribution in [-0.4, -0.2) is 20.2 Å². The average Bonchev–Trinajstić information content (AvgIpc) is 2.71. The number of hydrogen-bond donors (Lipinski definition) is 1. The van der Waals surface area contributed by atoms with Crippen LogP contribution in [0.1, 0.15) is 17.9 Å². The molecule has 0 saturated carbocycles. The first-order valence-electron chi connectivity index (χ1n) is 4.75. The molecule has 1 atom stereocenters. The summed E-state index contributed by atoms with van der Waals surface area (Å²) in [5.41, 5.74) is 1.42. The molecule has 2 nitrogen and oxygen atoms in total. The van der Waals surface area contributed by atoms with Gasteiger partial charge in [-0.05, 0) is 36.6 Å². The zero-order chi connectivity index (χ0) is 9.10. The molecule has 70 valence electrons. The van der Waals surface area contributed by atoms with Crippen molar-refractivity contribution in [2.45, 2.75) is 12.3 Å². The molecule has 0 amide bonds. The van der Waals surface area contributed by atoms with Crippen LogP contribution in [0.3, 0.4) is 0 Å². The van der Waals surface area contributed by atoms with Crippen molar-refractivity contribution < 1.29 is 4.74 Å². The minimum absolute atomic E-state index is 0.700. The molecule has 1 aliphatic rings. The van der Waals surface area contributed by atoms with E-state index in [0.29, 0.717) is 5.92 Å². The van der Waals surface area contributed by atoms with Gasteiger partial charge in [0.25, 0.3) is 0 Å². The van der Waals surface area contributed by atoms with Gasteiger partial charge in [-0.2, -0.15) is 0 Å². The van der Waals surface area contributed by atoms with Crippen molar-refractivity contribution in [2.75, 3.05) is 20.2 Å². The highest BCUT2D eigenvalue weighted by Crippen LogP contribution is 2.23. The maximum absolute atomic E-state index is 5.12. The summed E-state index contributed by atoms with van der Waals surface area (Å²) in [6.45, 7) is 2.27. The van der Waals surface area contributed by atoms with Gasteiger partial charge >= 0.3 is 0 Å². The topological polar surface area (TPSA) is 21.3 Å². The molecule has 1 aromatic rings. The van der Waals surface area contributed by atoms with Gasteiger partial charge in [-0.3, -0.25) is 0 Å². The molecule has 1 aromatic carbocycles. The number of rotatable bonds is 2. The third kappa shape index (κ3) is 1.83. The van der Waals surface area contributed by atoms with Crippen molar-refractivity contribution in [1.29, 1.82) is 0 Å². The van der Waals surface area contributed by atoms with Crippen molar-refractivity contribution in [1.82, 2.24) is 5.32 Å². The Labute approximate surface area is 78.9 Å². The van der Waals surface area contributed by atoms with Crippen LogP contribution in [0.4, 0.5) is 0 Å². The lowest BCUT2D eigenvalue weighted by Crippen LogP contribution is -2.07. The van der Waals surface area contributed by atoms with E-state index in [1.165, 1.54) is 12.0 Å². The molecule has 0 aromatic heterocycles. The molecule has 0 radical (unpaired) electrons. The molecule has 0 spiro atoms. The first-order valence-corrected chi connectivity index (χ1v) is 4.75. The van der Waals surface area contributed by atoms with Gasteiger partial charge in [0.1, 0.15) is 5.75 Å². The maximum Gasteiger partial charge on any atom is 0.118 e. The van der Waals surface area contributed by atoms with Crippen LogP contribution in [-0.2, 0) is 0 Å². The van der Waals surface area contributed by atoms with Crippen molar-refractivity contribution in [2.24, 2.45) is 0 Å². The highest BCUT2D eigenvalue weighted by atomic mass is 16.5. The average molecular weight is 177 g/mol. The molecular formula is C11H15NO. The molecule has 1 fully saturated rings. The van der Waals surface area contributed by atoms with Crippen LogP contribution in [0.25, 0.3) is 0 Å². The smallest absolute Gasteiger partial charge is 0.118 e. The first-order chi connectivity index (χ1) is 6.40. The summed E-state index contributed by atoms with van der Waals surface area (Å²) in [5.74, 6) is 1.64. The second-order valence-corrected chi connectivity index (χ2v) is 3.46. The highest BCUT2D eigenvalue weighted by Gasteiger charge is 2.15. The predicted molar refractivity (Wildman–Crippen MR) is 53.2 cm³/mol. The van der Waals surface area contributed by atoms with E-state index in [1.807, 2.05) is 12.1 Å². The van der Waals surface area contributed by atoms with E-state index in [0.717, 1.165) is 18.8 Å². The lowest BCUT2D eigenvalue weighted by atomic mass is 9.99. The molecule has 0 bridgehead atoms. The van der Waals surface area contributed by atoms with Gasteiger partial charge in [0.15, 0.2) is 0 Å². The summed E-state index contributed by atoms with van der Waals surface area (Å²) in [5, 5.41) is 3.37. The number of methoxy groups -OCH3 is 1. The van der Waals surface area contributed by atoms with E-state index < -0.39 is 0 Å². The normalized spacial score (nSPS) is 21.8. The fourth-order valence-electron chi connectivity index (χ4n) is 1.82. The third-order valence-corrected chi connectivity index (χ3v) is 2.65. The molecule has 2 rings (SSSR count). The second kappa shape index (κ2) is 3.79. The molecule has 0 aliphatic carbocycles. The molecule has 2 heteroatoms. The lowest BCUT2D eigenvalue weighted by Gasteiger charge is -2.08. The van der Waals surface area contributed by atoms with Crippen LogP contribution in [0, 0.1) is 0 Å². The van der Waals surface area contributed by atoms with Crippen LogP contribution in [0.15, 0.2) is 24.3 Å². The van der Waals surface area contributed by atoms with Gasteiger partial charge < -0.3 is 10.1 Å². The van der Waals surface area contributed by atoms with Crippen LogP contribution < -0.4 is 10.1 Å². The summed E-state index contributed by atoms with van der Waals surface area (Å²) in [6, 6.07) is 8.40. The molecule has 1 aliphatic heterocycles. The number of benzene rings is 1. The molecule has 1 heterocycles. The fourth-order valence-corrected chi connectivity index (χ4v) is 1.82. The van der Waals surface area contributed by atoms with E-state index in [4.69, 9.17) is 4.74 Å². The summed E-state index contributed by atoms with van der Waals surface area (Å²) in [7, 11) is 1.70. The Morgan fingerprint density at radius 3 is 2.62 bits per heavy atom. The van der Waals surface area contributed by atoms with Gasteiger partial charge in [0.2, 0.25) is 0 Å². The zero-order valence-corrected chi connectivity index (χ0v) is 7.92. The number of nitrogens with one attached hydrogen (secondary N) is 1. The number of hydrogen-bond acceptors (Lipinski definition) is 2. The predicted octanol–water partition coefficient (Wildman–Crippen LogP) is 1.77. The molecule has 13 heavy (non-hydrogen) atoms. The van der Waals surface area contributed by atoms with E-state index in [1.54, 1.807) is 7.11 Å². The Morgan fingerprint density at radius 1 is 1.31 bits per heavy atom. The van der Waals surface area contributed by atoms with Crippen molar-refractivity contribution in [3.63, 3.8) is 0 Å². The van der Waals surface area contributed by atoms with E-state index >= 15 is 0 Å². The maximum atomic E-state index is 5.12. The Balaban J connectivity index is 2.12. The first kappa shape index (κ1) is 8.57. The Kier molecular flexibility index (Phi) is 2.50. The third-order valence-electron chi connectivity index (χ3n) is 2.65. The SMILES string of the molecule is COc1ccc(C2CCNC2)cc1. The minimum Gasteiger partial charge on any atom is -0.497 e. The van der Waals surface area contributed by atoms with Gasteiger partial charge in [-0.25, -0.2) is 0 Å². The van der Waals surface area contributed by atoms with E-state index in [2.05, 4.69) is 17.4 Å². The summed E-state index contributed by atoms with van der Waals surface area (Å²) in [6.07, 6.45) is 1.26. The standard InChI is InChI=1S/C11H15NO/c1-13-11-4-2-9(3-5-11)10-6-7-12-8-10/h2-5,10,12H,6-8H2,1H3. The second-order valence-electron chi connectivity index (χ2n) is 3.46. The Hall–Kier alpha value is -1.02. The van der Waals surface area contributed by atoms with Crippen LogP contribution in [0.2, 0.25) is 0 Å². The summed E-state index contributed by atoms with van der Waals surface area (Å²) in [4.78, 5) is 0. The van der Waals surface area contributed by atoms with Gasteiger partial charge in [-0.1, -0.05) is 12.1 Å². The monoisotopic (exact) mass is 177 g/mol. The largest absolute Gasteiger partial charge is 0.497 e. The quantitative estimate of drug-likeness (QED) is 0.743. The molecule has 1 unspecified atom stereocenters. The van der Waals surface area contributed by atoms with Crippen molar-refractivity contribution >= 4 is 0 Å².